The lowest BCUT2D eigenvalue weighted by atomic mass is 10.1. The average molecular weight is 308 g/mol. The molecule has 1 aromatic carbocycles. The molecule has 0 aliphatic heterocycles. The highest BCUT2D eigenvalue weighted by molar-refractivity contribution is 9.10. The van der Waals surface area contributed by atoms with E-state index in [1.165, 1.54) is 5.56 Å². The lowest BCUT2D eigenvalue weighted by molar-refractivity contribution is 0.343. The summed E-state index contributed by atoms with van der Waals surface area (Å²) in [6, 6.07) is 5.89. The average Bonchev–Trinajstić information content (AvgIpc) is 3.09. The van der Waals surface area contributed by atoms with Gasteiger partial charge in [-0.15, -0.1) is 0 Å². The Balaban J connectivity index is 1.89. The molecule has 1 fully saturated rings. The third-order valence-electron chi connectivity index (χ3n) is 3.29. The Bertz CT molecular complexity index is 577. The van der Waals surface area contributed by atoms with Gasteiger partial charge in [0.05, 0.1) is 6.04 Å². The zero-order chi connectivity index (χ0) is 12.7. The van der Waals surface area contributed by atoms with Crippen LogP contribution in [0.5, 0.6) is 0 Å². The van der Waals surface area contributed by atoms with E-state index in [9.17, 15) is 0 Å². The topological polar surface area (TPSA) is 64.9 Å². The molecule has 1 aromatic heterocycles. The molecular formula is C13H14BrN3O. The number of hydrogen-bond acceptors (Lipinski definition) is 4. The molecule has 1 atom stereocenters. The molecule has 0 radical (unpaired) electrons. The lowest BCUT2D eigenvalue weighted by Gasteiger charge is -2.02. The molecule has 5 heteroatoms. The second-order valence-electron chi connectivity index (χ2n) is 4.78. The molecule has 1 aliphatic carbocycles. The van der Waals surface area contributed by atoms with Gasteiger partial charge in [0.25, 0.3) is 0 Å². The predicted molar refractivity (Wildman–Crippen MR) is 71.8 cm³/mol. The zero-order valence-electron chi connectivity index (χ0n) is 10.1. The third-order valence-corrected chi connectivity index (χ3v) is 4.14. The Hall–Kier alpha value is -1.20. The molecule has 0 amide bonds. The second-order valence-corrected chi connectivity index (χ2v) is 5.64. The number of halogens is 1. The third kappa shape index (κ3) is 2.20. The van der Waals surface area contributed by atoms with Crippen molar-refractivity contribution in [1.29, 1.82) is 0 Å². The summed E-state index contributed by atoms with van der Waals surface area (Å²) in [7, 11) is 0. The molecule has 18 heavy (non-hydrogen) atoms. The van der Waals surface area contributed by atoms with Crippen LogP contribution >= 0.6 is 15.9 Å². The Morgan fingerprint density at radius 2 is 2.22 bits per heavy atom. The van der Waals surface area contributed by atoms with Crippen LogP contribution in [-0.4, -0.2) is 10.1 Å². The molecule has 2 N–H and O–H groups in total. The number of nitrogens with two attached hydrogens (primary N) is 1. The van der Waals surface area contributed by atoms with E-state index in [0.29, 0.717) is 17.6 Å². The van der Waals surface area contributed by atoms with Gasteiger partial charge in [-0.2, -0.15) is 4.98 Å². The first kappa shape index (κ1) is 11.9. The molecule has 0 saturated heterocycles. The maximum Gasteiger partial charge on any atom is 0.244 e. The van der Waals surface area contributed by atoms with Gasteiger partial charge in [0.1, 0.15) is 0 Å². The van der Waals surface area contributed by atoms with Crippen LogP contribution in [0.1, 0.15) is 30.3 Å². The second kappa shape index (κ2) is 4.48. The highest BCUT2D eigenvalue weighted by atomic mass is 79.9. The Morgan fingerprint density at radius 3 is 2.89 bits per heavy atom. The van der Waals surface area contributed by atoms with Crippen LogP contribution in [0, 0.1) is 12.8 Å². The maximum absolute atomic E-state index is 6.04. The van der Waals surface area contributed by atoms with Crippen LogP contribution in [0.2, 0.25) is 0 Å². The summed E-state index contributed by atoms with van der Waals surface area (Å²) in [4.78, 5) is 4.39. The Kier molecular flexibility index (Phi) is 2.95. The van der Waals surface area contributed by atoms with E-state index in [0.717, 1.165) is 22.9 Å². The van der Waals surface area contributed by atoms with E-state index in [1.807, 2.05) is 25.1 Å². The first-order valence-corrected chi connectivity index (χ1v) is 6.80. The summed E-state index contributed by atoms with van der Waals surface area (Å²) in [5, 5.41) is 4.00. The van der Waals surface area contributed by atoms with Gasteiger partial charge in [0, 0.05) is 10.0 Å². The first-order chi connectivity index (χ1) is 8.65. The van der Waals surface area contributed by atoms with Crippen LogP contribution in [0.15, 0.2) is 27.2 Å². The van der Waals surface area contributed by atoms with Gasteiger partial charge in [-0.05, 0) is 37.3 Å². The van der Waals surface area contributed by atoms with E-state index >= 15 is 0 Å². The summed E-state index contributed by atoms with van der Waals surface area (Å²) in [6.45, 7) is 2.04. The molecule has 4 nitrogen and oxygen atoms in total. The van der Waals surface area contributed by atoms with Crippen molar-refractivity contribution in [2.75, 3.05) is 0 Å². The fraction of sp³-hybridized carbons (Fsp3) is 0.385. The van der Waals surface area contributed by atoms with Crippen molar-refractivity contribution < 1.29 is 4.52 Å². The molecule has 1 saturated carbocycles. The molecule has 1 heterocycles. The van der Waals surface area contributed by atoms with Crippen molar-refractivity contribution in [1.82, 2.24) is 10.1 Å². The van der Waals surface area contributed by atoms with Gasteiger partial charge in [-0.3, -0.25) is 0 Å². The van der Waals surface area contributed by atoms with Crippen molar-refractivity contribution >= 4 is 15.9 Å². The SMILES string of the molecule is Cc1ccc(-c2noc(C(N)C3CC3)n2)cc1Br. The minimum Gasteiger partial charge on any atom is -0.337 e. The number of nitrogens with zero attached hydrogens (tertiary/aromatic N) is 2. The number of aromatic nitrogens is 2. The van der Waals surface area contributed by atoms with Crippen molar-refractivity contribution in [3.63, 3.8) is 0 Å². The van der Waals surface area contributed by atoms with E-state index in [-0.39, 0.29) is 6.04 Å². The largest absolute Gasteiger partial charge is 0.337 e. The lowest BCUT2D eigenvalue weighted by Crippen LogP contribution is -2.12. The fourth-order valence-corrected chi connectivity index (χ4v) is 2.26. The van der Waals surface area contributed by atoms with Gasteiger partial charge in [-0.1, -0.05) is 33.2 Å². The first-order valence-electron chi connectivity index (χ1n) is 6.01. The van der Waals surface area contributed by atoms with Crippen LogP contribution in [0.25, 0.3) is 11.4 Å². The van der Waals surface area contributed by atoms with Crippen molar-refractivity contribution in [3.05, 3.63) is 34.1 Å². The quantitative estimate of drug-likeness (QED) is 0.945. The van der Waals surface area contributed by atoms with E-state index < -0.39 is 0 Å². The molecule has 3 rings (SSSR count). The smallest absolute Gasteiger partial charge is 0.244 e. The Morgan fingerprint density at radius 1 is 1.44 bits per heavy atom. The fourth-order valence-electron chi connectivity index (χ4n) is 1.88. The van der Waals surface area contributed by atoms with E-state index in [4.69, 9.17) is 10.3 Å². The van der Waals surface area contributed by atoms with Crippen LogP contribution < -0.4 is 5.73 Å². The highest BCUT2D eigenvalue weighted by Crippen LogP contribution is 2.39. The molecular weight excluding hydrogens is 294 g/mol. The summed E-state index contributed by atoms with van der Waals surface area (Å²) in [5.74, 6) is 1.66. The van der Waals surface area contributed by atoms with Gasteiger partial charge >= 0.3 is 0 Å². The van der Waals surface area contributed by atoms with Crippen molar-refractivity contribution in [2.24, 2.45) is 11.7 Å². The molecule has 0 spiro atoms. The van der Waals surface area contributed by atoms with Gasteiger partial charge in [-0.25, -0.2) is 0 Å². The minimum atomic E-state index is -0.111. The number of benzene rings is 1. The van der Waals surface area contributed by atoms with E-state index in [1.54, 1.807) is 0 Å². The summed E-state index contributed by atoms with van der Waals surface area (Å²) >= 11 is 3.50. The normalized spacial score (nSPS) is 16.8. The maximum atomic E-state index is 6.04. The Labute approximate surface area is 114 Å². The van der Waals surface area contributed by atoms with E-state index in [2.05, 4.69) is 26.1 Å². The van der Waals surface area contributed by atoms with Gasteiger partial charge < -0.3 is 10.3 Å². The van der Waals surface area contributed by atoms with Crippen LogP contribution in [0.4, 0.5) is 0 Å². The molecule has 2 aromatic rings. The zero-order valence-corrected chi connectivity index (χ0v) is 11.6. The molecule has 0 bridgehead atoms. The number of rotatable bonds is 3. The minimum absolute atomic E-state index is 0.111. The summed E-state index contributed by atoms with van der Waals surface area (Å²) in [5.41, 5.74) is 8.15. The molecule has 1 aliphatic rings. The summed E-state index contributed by atoms with van der Waals surface area (Å²) in [6.07, 6.45) is 2.32. The molecule has 94 valence electrons. The predicted octanol–water partition coefficient (Wildman–Crippen LogP) is 3.22. The summed E-state index contributed by atoms with van der Waals surface area (Å²) < 4.78 is 6.29. The number of hydrogen-bond donors (Lipinski definition) is 1. The number of aryl methyl sites for hydroxylation is 1. The van der Waals surface area contributed by atoms with Gasteiger partial charge in [0.15, 0.2) is 0 Å². The molecule has 1 unspecified atom stereocenters. The van der Waals surface area contributed by atoms with Crippen LogP contribution in [0.3, 0.4) is 0 Å². The van der Waals surface area contributed by atoms with Crippen molar-refractivity contribution in [2.45, 2.75) is 25.8 Å². The van der Waals surface area contributed by atoms with Gasteiger partial charge in [0.2, 0.25) is 11.7 Å². The van der Waals surface area contributed by atoms with Crippen LogP contribution in [-0.2, 0) is 0 Å². The standard InChI is InChI=1S/C13H14BrN3O/c1-7-2-3-9(6-10(7)14)12-16-13(18-17-12)11(15)8-4-5-8/h2-3,6,8,11H,4-5,15H2,1H3. The van der Waals surface area contributed by atoms with Crippen molar-refractivity contribution in [3.8, 4) is 11.4 Å². The highest BCUT2D eigenvalue weighted by Gasteiger charge is 2.33. The monoisotopic (exact) mass is 307 g/mol.